The number of aromatic nitrogens is 1. The monoisotopic (exact) mass is 395 g/mol. The van der Waals surface area contributed by atoms with Crippen molar-refractivity contribution in [3.05, 3.63) is 58.8 Å². The number of rotatable bonds is 6. The molecule has 0 saturated heterocycles. The van der Waals surface area contributed by atoms with E-state index in [0.717, 1.165) is 29.0 Å². The van der Waals surface area contributed by atoms with Crippen molar-refractivity contribution >= 4 is 28.8 Å². The van der Waals surface area contributed by atoms with Gasteiger partial charge in [-0.3, -0.25) is 9.59 Å². The first-order valence-electron chi connectivity index (χ1n) is 9.24. The number of nitrogens with zero attached hydrogens (tertiary/aromatic N) is 1. The molecule has 1 aliphatic carbocycles. The number of furan rings is 1. The summed E-state index contributed by atoms with van der Waals surface area (Å²) in [5.41, 5.74) is 2.14. The molecule has 2 heterocycles. The molecule has 7 heteroatoms. The van der Waals surface area contributed by atoms with Gasteiger partial charge in [-0.25, -0.2) is 4.98 Å². The van der Waals surface area contributed by atoms with Gasteiger partial charge in [-0.15, -0.1) is 11.3 Å². The summed E-state index contributed by atoms with van der Waals surface area (Å²) < 4.78 is 5.36. The molecule has 1 unspecified atom stereocenters. The number of carbonyl (C=O) groups excluding carboxylic acids is 2. The predicted molar refractivity (Wildman–Crippen MR) is 108 cm³/mol. The van der Waals surface area contributed by atoms with E-state index in [1.807, 2.05) is 44.2 Å². The van der Waals surface area contributed by atoms with Crippen molar-refractivity contribution in [2.45, 2.75) is 32.7 Å². The lowest BCUT2D eigenvalue weighted by Crippen LogP contribution is -2.27. The Balaban J connectivity index is 1.41. The molecule has 0 aliphatic heterocycles. The summed E-state index contributed by atoms with van der Waals surface area (Å²) >= 11 is 1.43. The van der Waals surface area contributed by atoms with Gasteiger partial charge in [0.25, 0.3) is 5.91 Å². The SMILES string of the molecule is Cc1sc(-c2ccco2)nc1C(=O)NC(C)c1ccc(NC(=O)C2CC2)cc1. The van der Waals surface area contributed by atoms with Gasteiger partial charge in [0.1, 0.15) is 5.69 Å². The number of benzene rings is 1. The molecule has 2 amide bonds. The van der Waals surface area contributed by atoms with Crippen LogP contribution in [0.2, 0.25) is 0 Å². The van der Waals surface area contributed by atoms with E-state index in [1.165, 1.54) is 11.3 Å². The maximum Gasteiger partial charge on any atom is 0.271 e. The minimum atomic E-state index is -0.217. The number of anilines is 1. The number of hydrogen-bond donors (Lipinski definition) is 2. The number of carbonyl (C=O) groups is 2. The maximum atomic E-state index is 12.7. The van der Waals surface area contributed by atoms with Crippen LogP contribution in [0.4, 0.5) is 5.69 Å². The van der Waals surface area contributed by atoms with E-state index in [0.29, 0.717) is 16.5 Å². The van der Waals surface area contributed by atoms with Crippen molar-refractivity contribution in [1.29, 1.82) is 0 Å². The molecule has 6 nitrogen and oxygen atoms in total. The van der Waals surface area contributed by atoms with Gasteiger partial charge in [0.15, 0.2) is 10.8 Å². The van der Waals surface area contributed by atoms with Gasteiger partial charge in [-0.2, -0.15) is 0 Å². The zero-order valence-electron chi connectivity index (χ0n) is 15.7. The van der Waals surface area contributed by atoms with Crippen molar-refractivity contribution in [2.24, 2.45) is 5.92 Å². The number of hydrogen-bond acceptors (Lipinski definition) is 5. The molecule has 28 heavy (non-hydrogen) atoms. The fraction of sp³-hybridized carbons (Fsp3) is 0.286. The minimum Gasteiger partial charge on any atom is -0.462 e. The van der Waals surface area contributed by atoms with Crippen molar-refractivity contribution in [1.82, 2.24) is 10.3 Å². The van der Waals surface area contributed by atoms with Crippen LogP contribution in [0.3, 0.4) is 0 Å². The van der Waals surface area contributed by atoms with Crippen LogP contribution in [0, 0.1) is 12.8 Å². The summed E-state index contributed by atoms with van der Waals surface area (Å²) in [6, 6.07) is 11.0. The second-order valence-corrected chi connectivity index (χ2v) is 8.18. The average Bonchev–Trinajstić information content (AvgIpc) is 3.25. The third-order valence-corrected chi connectivity index (χ3v) is 5.70. The Morgan fingerprint density at radius 3 is 2.61 bits per heavy atom. The zero-order chi connectivity index (χ0) is 19.7. The molecule has 4 rings (SSSR count). The molecule has 3 aromatic rings. The van der Waals surface area contributed by atoms with Crippen LogP contribution in [-0.2, 0) is 4.79 Å². The first-order valence-corrected chi connectivity index (χ1v) is 10.1. The van der Waals surface area contributed by atoms with Crippen LogP contribution in [-0.4, -0.2) is 16.8 Å². The van der Waals surface area contributed by atoms with E-state index in [9.17, 15) is 9.59 Å². The number of aryl methyl sites for hydroxylation is 1. The van der Waals surface area contributed by atoms with E-state index in [4.69, 9.17) is 4.42 Å². The van der Waals surface area contributed by atoms with E-state index in [2.05, 4.69) is 15.6 Å². The Labute approximate surface area is 167 Å². The molecule has 1 saturated carbocycles. The van der Waals surface area contributed by atoms with Crippen LogP contribution < -0.4 is 10.6 Å². The smallest absolute Gasteiger partial charge is 0.271 e. The Morgan fingerprint density at radius 1 is 1.21 bits per heavy atom. The fourth-order valence-electron chi connectivity index (χ4n) is 2.91. The van der Waals surface area contributed by atoms with Gasteiger partial charge in [-0.1, -0.05) is 12.1 Å². The van der Waals surface area contributed by atoms with Gasteiger partial charge >= 0.3 is 0 Å². The Bertz CT molecular complexity index is 989. The van der Waals surface area contributed by atoms with Crippen molar-refractivity contribution in [2.75, 3.05) is 5.32 Å². The Morgan fingerprint density at radius 2 is 1.96 bits per heavy atom. The van der Waals surface area contributed by atoms with Gasteiger partial charge in [-0.05, 0) is 56.5 Å². The summed E-state index contributed by atoms with van der Waals surface area (Å²) in [7, 11) is 0. The van der Waals surface area contributed by atoms with E-state index < -0.39 is 0 Å². The highest BCUT2D eigenvalue weighted by atomic mass is 32.1. The van der Waals surface area contributed by atoms with Crippen LogP contribution in [0.25, 0.3) is 10.8 Å². The lowest BCUT2D eigenvalue weighted by molar-refractivity contribution is -0.117. The van der Waals surface area contributed by atoms with Crippen molar-refractivity contribution < 1.29 is 14.0 Å². The summed E-state index contributed by atoms with van der Waals surface area (Å²) in [5.74, 6) is 0.694. The number of nitrogens with one attached hydrogen (secondary N) is 2. The molecule has 1 aromatic carbocycles. The summed E-state index contributed by atoms with van der Waals surface area (Å²) in [6.45, 7) is 3.80. The van der Waals surface area contributed by atoms with Gasteiger partial charge < -0.3 is 15.1 Å². The summed E-state index contributed by atoms with van der Waals surface area (Å²) in [6.07, 6.45) is 3.54. The summed E-state index contributed by atoms with van der Waals surface area (Å²) in [4.78, 5) is 29.8. The number of amides is 2. The second-order valence-electron chi connectivity index (χ2n) is 6.98. The quantitative estimate of drug-likeness (QED) is 0.641. The van der Waals surface area contributed by atoms with Gasteiger partial charge in [0.05, 0.1) is 12.3 Å². The molecule has 0 radical (unpaired) electrons. The zero-order valence-corrected chi connectivity index (χ0v) is 16.5. The molecular formula is C21H21N3O3S. The first-order chi connectivity index (χ1) is 13.5. The molecule has 1 fully saturated rings. The van der Waals surface area contributed by atoms with E-state index >= 15 is 0 Å². The minimum absolute atomic E-state index is 0.0838. The first kappa shape index (κ1) is 18.4. The van der Waals surface area contributed by atoms with Crippen LogP contribution in [0.15, 0.2) is 47.1 Å². The van der Waals surface area contributed by atoms with Gasteiger partial charge in [0.2, 0.25) is 5.91 Å². The maximum absolute atomic E-state index is 12.7. The highest BCUT2D eigenvalue weighted by Crippen LogP contribution is 2.30. The van der Waals surface area contributed by atoms with Crippen molar-refractivity contribution in [3.8, 4) is 10.8 Å². The average molecular weight is 395 g/mol. The topological polar surface area (TPSA) is 84.2 Å². The second kappa shape index (κ2) is 7.59. The Kier molecular flexibility index (Phi) is 5.00. The standard InChI is InChI=1S/C21H21N3O3S/c1-12(14-7-9-16(10-8-14)23-19(25)15-5-6-15)22-20(26)18-13(2)28-21(24-18)17-4-3-11-27-17/h3-4,7-12,15H,5-6H2,1-2H3,(H,22,26)(H,23,25). The molecule has 0 spiro atoms. The van der Waals surface area contributed by atoms with Crippen LogP contribution >= 0.6 is 11.3 Å². The molecule has 0 bridgehead atoms. The lowest BCUT2D eigenvalue weighted by atomic mass is 10.1. The molecule has 2 N–H and O–H groups in total. The van der Waals surface area contributed by atoms with Crippen molar-refractivity contribution in [3.63, 3.8) is 0 Å². The highest BCUT2D eigenvalue weighted by Gasteiger charge is 2.29. The molecule has 1 aliphatic rings. The van der Waals surface area contributed by atoms with E-state index in [1.54, 1.807) is 12.3 Å². The molecular weight excluding hydrogens is 374 g/mol. The van der Waals surface area contributed by atoms with Crippen LogP contribution in [0.5, 0.6) is 0 Å². The Hall–Kier alpha value is -2.93. The van der Waals surface area contributed by atoms with Gasteiger partial charge in [0, 0.05) is 16.5 Å². The summed E-state index contributed by atoms with van der Waals surface area (Å²) in [5, 5.41) is 6.59. The fourth-order valence-corrected chi connectivity index (χ4v) is 3.78. The lowest BCUT2D eigenvalue weighted by Gasteiger charge is -2.14. The largest absolute Gasteiger partial charge is 0.462 e. The molecule has 2 aromatic heterocycles. The third-order valence-electron chi connectivity index (χ3n) is 4.72. The van der Waals surface area contributed by atoms with Crippen LogP contribution in [0.1, 0.15) is 46.7 Å². The molecule has 144 valence electrons. The normalized spacial score (nSPS) is 14.5. The highest BCUT2D eigenvalue weighted by molar-refractivity contribution is 7.15. The third kappa shape index (κ3) is 3.99. The number of thiazole rings is 1. The molecule has 1 atom stereocenters. The predicted octanol–water partition coefficient (Wildman–Crippen LogP) is 4.55. The van der Waals surface area contributed by atoms with E-state index in [-0.39, 0.29) is 23.8 Å².